The van der Waals surface area contributed by atoms with Crippen molar-refractivity contribution >= 4 is 29.4 Å². The highest BCUT2D eigenvalue weighted by Crippen LogP contribution is 2.29. The lowest BCUT2D eigenvalue weighted by molar-refractivity contribution is -0.136. The van der Waals surface area contributed by atoms with Crippen LogP contribution in [0.3, 0.4) is 0 Å². The Bertz CT molecular complexity index is 1200. The number of nitrogens with one attached hydrogen (secondary N) is 1. The molecule has 1 aromatic heterocycles. The first kappa shape index (κ1) is 22.1. The van der Waals surface area contributed by atoms with Gasteiger partial charge in [-0.25, -0.2) is 10.2 Å². The highest BCUT2D eigenvalue weighted by atomic mass is 32.1. The molecule has 4 aromatic rings. The number of benzene rings is 3. The SMILES string of the molecule is O=C(Oc1ccc(C=NNC(=O)C(O)(c2ccccc2)c2ccccc2)cc1)c1cccs1. The van der Waals surface area contributed by atoms with Gasteiger partial charge in [0.1, 0.15) is 10.6 Å². The fourth-order valence-corrected chi connectivity index (χ4v) is 3.81. The fraction of sp³-hybridized carbons (Fsp3) is 0.0385. The zero-order valence-electron chi connectivity index (χ0n) is 17.4. The summed E-state index contributed by atoms with van der Waals surface area (Å²) in [6, 6.07) is 27.6. The first-order valence-electron chi connectivity index (χ1n) is 10.1. The van der Waals surface area contributed by atoms with Crippen LogP contribution in [-0.2, 0) is 10.4 Å². The molecule has 7 heteroatoms. The normalized spacial score (nSPS) is 11.3. The molecule has 0 spiro atoms. The van der Waals surface area contributed by atoms with E-state index in [4.69, 9.17) is 4.74 Å². The minimum atomic E-state index is -1.90. The molecule has 0 fully saturated rings. The van der Waals surface area contributed by atoms with E-state index in [0.29, 0.717) is 27.3 Å². The topological polar surface area (TPSA) is 88.0 Å². The van der Waals surface area contributed by atoms with Crippen molar-refractivity contribution < 1.29 is 19.4 Å². The molecule has 6 nitrogen and oxygen atoms in total. The van der Waals surface area contributed by atoms with Gasteiger partial charge in [-0.3, -0.25) is 4.79 Å². The van der Waals surface area contributed by atoms with E-state index in [1.807, 2.05) is 12.1 Å². The number of amides is 1. The Morgan fingerprint density at radius 2 is 1.45 bits per heavy atom. The van der Waals surface area contributed by atoms with Crippen LogP contribution in [0.1, 0.15) is 26.4 Å². The van der Waals surface area contributed by atoms with Crippen molar-refractivity contribution in [3.8, 4) is 5.75 Å². The van der Waals surface area contributed by atoms with Crippen molar-refractivity contribution in [1.82, 2.24) is 5.43 Å². The Hall–Kier alpha value is -4.07. The third kappa shape index (κ3) is 5.06. The second-order valence-electron chi connectivity index (χ2n) is 7.08. The van der Waals surface area contributed by atoms with E-state index in [1.165, 1.54) is 17.6 Å². The summed E-state index contributed by atoms with van der Waals surface area (Å²) in [4.78, 5) is 25.6. The number of thiophene rings is 1. The van der Waals surface area contributed by atoms with Crippen LogP contribution in [0.15, 0.2) is 108 Å². The van der Waals surface area contributed by atoms with Crippen LogP contribution >= 0.6 is 11.3 Å². The lowest BCUT2D eigenvalue weighted by Gasteiger charge is -2.27. The molecule has 164 valence electrons. The van der Waals surface area contributed by atoms with Crippen LogP contribution in [-0.4, -0.2) is 23.2 Å². The third-order valence-corrected chi connectivity index (χ3v) is 5.75. The van der Waals surface area contributed by atoms with Crippen LogP contribution in [0, 0.1) is 0 Å². The van der Waals surface area contributed by atoms with Gasteiger partial charge in [-0.2, -0.15) is 5.10 Å². The predicted octanol–water partition coefficient (Wildman–Crippen LogP) is 4.35. The van der Waals surface area contributed by atoms with Crippen LogP contribution in [0.4, 0.5) is 0 Å². The summed E-state index contributed by atoms with van der Waals surface area (Å²) in [6.07, 6.45) is 1.44. The zero-order valence-corrected chi connectivity index (χ0v) is 18.2. The van der Waals surface area contributed by atoms with Gasteiger partial charge in [-0.1, -0.05) is 66.7 Å². The molecule has 0 radical (unpaired) electrons. The summed E-state index contributed by atoms with van der Waals surface area (Å²) in [6.45, 7) is 0. The molecule has 0 aliphatic rings. The number of hydrogen-bond acceptors (Lipinski definition) is 6. The van der Waals surface area contributed by atoms with E-state index < -0.39 is 17.5 Å². The quantitative estimate of drug-likeness (QED) is 0.187. The second-order valence-corrected chi connectivity index (χ2v) is 8.03. The Kier molecular flexibility index (Phi) is 6.73. The summed E-state index contributed by atoms with van der Waals surface area (Å²) in [5.74, 6) is -0.699. The van der Waals surface area contributed by atoms with Gasteiger partial charge in [-0.15, -0.1) is 11.3 Å². The van der Waals surface area contributed by atoms with E-state index in [1.54, 1.807) is 90.3 Å². The van der Waals surface area contributed by atoms with E-state index in [-0.39, 0.29) is 0 Å². The molecule has 4 rings (SSSR count). The number of ether oxygens (including phenoxy) is 1. The van der Waals surface area contributed by atoms with Crippen LogP contribution in [0.2, 0.25) is 0 Å². The van der Waals surface area contributed by atoms with Crippen molar-refractivity contribution in [2.45, 2.75) is 5.60 Å². The maximum atomic E-state index is 13.0. The Morgan fingerprint density at radius 1 is 0.848 bits per heavy atom. The standard InChI is InChI=1S/C26H20N2O4S/c29-24(23-12-7-17-33-23)32-22-15-13-19(14-16-22)18-27-28-25(30)26(31,20-8-3-1-4-9-20)21-10-5-2-6-11-21/h1-18,31H,(H,28,30). The zero-order chi connectivity index (χ0) is 23.1. The number of carbonyl (C=O) groups is 2. The summed E-state index contributed by atoms with van der Waals surface area (Å²) in [5.41, 5.74) is 2.07. The Morgan fingerprint density at radius 3 is 2.00 bits per heavy atom. The molecule has 0 aliphatic heterocycles. The molecule has 0 aliphatic carbocycles. The molecular weight excluding hydrogens is 436 g/mol. The van der Waals surface area contributed by atoms with Crippen molar-refractivity contribution in [3.63, 3.8) is 0 Å². The van der Waals surface area contributed by atoms with Gasteiger partial charge in [0.25, 0.3) is 5.91 Å². The molecule has 0 saturated heterocycles. The largest absolute Gasteiger partial charge is 0.422 e. The van der Waals surface area contributed by atoms with Gasteiger partial charge in [0.2, 0.25) is 0 Å². The van der Waals surface area contributed by atoms with Gasteiger partial charge >= 0.3 is 5.97 Å². The highest BCUT2D eigenvalue weighted by Gasteiger charge is 2.39. The minimum absolute atomic E-state index is 0.400. The minimum Gasteiger partial charge on any atom is -0.422 e. The molecule has 3 aromatic carbocycles. The molecule has 0 bridgehead atoms. The number of carbonyl (C=O) groups excluding carboxylic acids is 2. The van der Waals surface area contributed by atoms with Crippen LogP contribution in [0.25, 0.3) is 0 Å². The molecule has 33 heavy (non-hydrogen) atoms. The third-order valence-electron chi connectivity index (χ3n) is 4.90. The van der Waals surface area contributed by atoms with Crippen molar-refractivity contribution in [3.05, 3.63) is 124 Å². The van der Waals surface area contributed by atoms with Gasteiger partial charge in [0, 0.05) is 0 Å². The van der Waals surface area contributed by atoms with E-state index in [0.717, 1.165) is 0 Å². The Balaban J connectivity index is 1.45. The first-order valence-corrected chi connectivity index (χ1v) is 11.0. The number of aliphatic hydroxyl groups is 1. The maximum Gasteiger partial charge on any atom is 0.353 e. The monoisotopic (exact) mass is 456 g/mol. The molecule has 0 saturated carbocycles. The Labute approximate surface area is 194 Å². The van der Waals surface area contributed by atoms with E-state index >= 15 is 0 Å². The molecule has 0 atom stereocenters. The fourth-order valence-electron chi connectivity index (χ4n) is 3.21. The molecule has 1 heterocycles. The summed E-state index contributed by atoms with van der Waals surface area (Å²) >= 11 is 1.31. The molecule has 2 N–H and O–H groups in total. The number of hydrogen-bond donors (Lipinski definition) is 2. The average Bonchev–Trinajstić information content (AvgIpc) is 3.41. The smallest absolute Gasteiger partial charge is 0.353 e. The van der Waals surface area contributed by atoms with Crippen molar-refractivity contribution in [2.24, 2.45) is 5.10 Å². The number of rotatable bonds is 7. The van der Waals surface area contributed by atoms with Crippen LogP contribution < -0.4 is 10.2 Å². The second kappa shape index (κ2) is 10.0. The molecule has 0 unspecified atom stereocenters. The summed E-state index contributed by atoms with van der Waals surface area (Å²) in [5, 5.41) is 17.2. The van der Waals surface area contributed by atoms with Gasteiger partial charge in [-0.05, 0) is 52.4 Å². The number of hydrazone groups is 1. The lowest BCUT2D eigenvalue weighted by atomic mass is 9.85. The maximum absolute atomic E-state index is 13.0. The number of nitrogens with zero attached hydrogens (tertiary/aromatic N) is 1. The first-order chi connectivity index (χ1) is 16.1. The van der Waals surface area contributed by atoms with Crippen LogP contribution in [0.5, 0.6) is 5.75 Å². The van der Waals surface area contributed by atoms with Gasteiger partial charge < -0.3 is 9.84 Å². The van der Waals surface area contributed by atoms with Gasteiger partial charge in [0.05, 0.1) is 6.21 Å². The van der Waals surface area contributed by atoms with Gasteiger partial charge in [0.15, 0.2) is 5.60 Å². The lowest BCUT2D eigenvalue weighted by Crippen LogP contribution is -2.43. The van der Waals surface area contributed by atoms with E-state index in [9.17, 15) is 14.7 Å². The molecule has 1 amide bonds. The van der Waals surface area contributed by atoms with Crippen molar-refractivity contribution in [1.29, 1.82) is 0 Å². The average molecular weight is 457 g/mol. The summed E-state index contributed by atoms with van der Waals surface area (Å²) < 4.78 is 5.32. The summed E-state index contributed by atoms with van der Waals surface area (Å²) in [7, 11) is 0. The number of esters is 1. The van der Waals surface area contributed by atoms with Crippen molar-refractivity contribution in [2.75, 3.05) is 0 Å². The molecular formula is C26H20N2O4S. The van der Waals surface area contributed by atoms with E-state index in [2.05, 4.69) is 10.5 Å². The highest BCUT2D eigenvalue weighted by molar-refractivity contribution is 7.12. The predicted molar refractivity (Wildman–Crippen MR) is 127 cm³/mol.